The van der Waals surface area contributed by atoms with Gasteiger partial charge in [-0.05, 0) is 36.4 Å². The van der Waals surface area contributed by atoms with Gasteiger partial charge in [0.05, 0.1) is 5.56 Å². The van der Waals surface area contributed by atoms with E-state index in [0.29, 0.717) is 23.1 Å². The minimum absolute atomic E-state index is 0.209. The fourth-order valence-corrected chi connectivity index (χ4v) is 2.51. The highest BCUT2D eigenvalue weighted by molar-refractivity contribution is 5.98. The number of hydrogen-bond donors (Lipinski definition) is 1. The number of aldehydes is 1. The van der Waals surface area contributed by atoms with Crippen LogP contribution < -0.4 is 5.32 Å². The number of halogens is 1. The van der Waals surface area contributed by atoms with Crippen molar-refractivity contribution in [2.24, 2.45) is 0 Å². The molecule has 0 unspecified atom stereocenters. The predicted octanol–water partition coefficient (Wildman–Crippen LogP) is 4.18. The summed E-state index contributed by atoms with van der Waals surface area (Å²) in [5.74, 6) is -1.71. The van der Waals surface area contributed by atoms with E-state index < -0.39 is 23.8 Å². The number of esters is 1. The van der Waals surface area contributed by atoms with Crippen LogP contribution in [0.2, 0.25) is 0 Å². The third-order valence-corrected chi connectivity index (χ3v) is 3.96. The van der Waals surface area contributed by atoms with Crippen LogP contribution in [-0.4, -0.2) is 18.2 Å². The summed E-state index contributed by atoms with van der Waals surface area (Å²) < 4.78 is 18.5. The fourth-order valence-electron chi connectivity index (χ4n) is 2.51. The van der Waals surface area contributed by atoms with Crippen molar-refractivity contribution in [1.29, 1.82) is 0 Å². The molecule has 0 heterocycles. The van der Waals surface area contributed by atoms with Gasteiger partial charge in [0.15, 0.2) is 0 Å². The number of rotatable bonds is 6. The van der Waals surface area contributed by atoms with E-state index in [1.54, 1.807) is 30.3 Å². The number of carbonyl (C=O) groups excluding carboxylic acids is 3. The lowest BCUT2D eigenvalue weighted by Gasteiger charge is -2.18. The number of carbonyl (C=O) groups is 3. The van der Waals surface area contributed by atoms with Gasteiger partial charge >= 0.3 is 5.97 Å². The summed E-state index contributed by atoms with van der Waals surface area (Å²) in [7, 11) is 0. The highest BCUT2D eigenvalue weighted by atomic mass is 19.1. The molecule has 0 saturated heterocycles. The molecule has 28 heavy (non-hydrogen) atoms. The molecule has 0 aliphatic heterocycles. The van der Waals surface area contributed by atoms with Crippen molar-refractivity contribution in [3.63, 3.8) is 0 Å². The van der Waals surface area contributed by atoms with Gasteiger partial charge in [-0.3, -0.25) is 9.59 Å². The standard InChI is InChI=1S/C22H16FNO4/c23-18-10-12-19(13-11-18)24-21(26)20(16-4-2-1-3-5-16)28-22(27)17-8-6-15(14-25)7-9-17/h1-14,20H,(H,24,26)/t20-/m0/s1. The van der Waals surface area contributed by atoms with E-state index in [1.807, 2.05) is 0 Å². The van der Waals surface area contributed by atoms with E-state index >= 15 is 0 Å². The zero-order chi connectivity index (χ0) is 19.9. The molecule has 3 rings (SSSR count). The monoisotopic (exact) mass is 377 g/mol. The van der Waals surface area contributed by atoms with E-state index in [9.17, 15) is 18.8 Å². The van der Waals surface area contributed by atoms with Gasteiger partial charge in [-0.2, -0.15) is 0 Å². The van der Waals surface area contributed by atoms with Gasteiger partial charge in [-0.15, -0.1) is 0 Å². The summed E-state index contributed by atoms with van der Waals surface area (Å²) in [6.07, 6.45) is -0.539. The summed E-state index contributed by atoms with van der Waals surface area (Å²) in [6.45, 7) is 0. The van der Waals surface area contributed by atoms with Crippen molar-refractivity contribution in [2.75, 3.05) is 5.32 Å². The van der Waals surface area contributed by atoms with Crippen molar-refractivity contribution in [1.82, 2.24) is 0 Å². The normalized spacial score (nSPS) is 11.3. The summed E-state index contributed by atoms with van der Waals surface area (Å²) in [6, 6.07) is 19.7. The molecule has 0 radical (unpaired) electrons. The molecule has 3 aromatic rings. The Balaban J connectivity index is 1.82. The van der Waals surface area contributed by atoms with Crippen LogP contribution in [0.3, 0.4) is 0 Å². The molecule has 0 fully saturated rings. The minimum Gasteiger partial charge on any atom is -0.444 e. The summed E-state index contributed by atoms with van der Waals surface area (Å²) in [5, 5.41) is 2.61. The van der Waals surface area contributed by atoms with Gasteiger partial charge in [-0.25, -0.2) is 9.18 Å². The zero-order valence-electron chi connectivity index (χ0n) is 14.7. The second kappa shape index (κ2) is 8.73. The summed E-state index contributed by atoms with van der Waals surface area (Å²) >= 11 is 0. The molecule has 1 atom stereocenters. The van der Waals surface area contributed by atoms with Crippen molar-refractivity contribution in [2.45, 2.75) is 6.10 Å². The van der Waals surface area contributed by atoms with Crippen molar-refractivity contribution in [3.05, 3.63) is 101 Å². The fraction of sp³-hybridized carbons (Fsp3) is 0.0455. The topological polar surface area (TPSA) is 72.5 Å². The number of benzene rings is 3. The first kappa shape index (κ1) is 19.0. The van der Waals surface area contributed by atoms with Crippen LogP contribution in [0.1, 0.15) is 32.4 Å². The van der Waals surface area contributed by atoms with Crippen LogP contribution in [-0.2, 0) is 9.53 Å². The molecule has 0 spiro atoms. The Morgan fingerprint density at radius 1 is 0.893 bits per heavy atom. The molecule has 0 aliphatic rings. The second-order valence-corrected chi connectivity index (χ2v) is 5.93. The van der Waals surface area contributed by atoms with E-state index in [2.05, 4.69) is 5.32 Å². The molecule has 5 nitrogen and oxygen atoms in total. The van der Waals surface area contributed by atoms with Gasteiger partial charge < -0.3 is 10.1 Å². The van der Waals surface area contributed by atoms with Crippen molar-refractivity contribution < 1.29 is 23.5 Å². The Morgan fingerprint density at radius 2 is 1.54 bits per heavy atom. The van der Waals surface area contributed by atoms with E-state index in [1.165, 1.54) is 48.5 Å². The molecular weight excluding hydrogens is 361 g/mol. The minimum atomic E-state index is -1.20. The Kier molecular flexibility index (Phi) is 5.91. The number of nitrogens with one attached hydrogen (secondary N) is 1. The molecule has 0 aromatic heterocycles. The lowest BCUT2D eigenvalue weighted by molar-refractivity contribution is -0.125. The molecule has 0 bridgehead atoms. The van der Waals surface area contributed by atoms with Crippen LogP contribution in [0.15, 0.2) is 78.9 Å². The predicted molar refractivity (Wildman–Crippen MR) is 101 cm³/mol. The second-order valence-electron chi connectivity index (χ2n) is 5.93. The Hall–Kier alpha value is -3.80. The maximum atomic E-state index is 13.1. The lowest BCUT2D eigenvalue weighted by Crippen LogP contribution is -2.26. The van der Waals surface area contributed by atoms with Gasteiger partial charge in [0.1, 0.15) is 12.1 Å². The van der Waals surface area contributed by atoms with Gasteiger partial charge in [-0.1, -0.05) is 42.5 Å². The number of amides is 1. The molecule has 3 aromatic carbocycles. The van der Waals surface area contributed by atoms with Crippen LogP contribution in [0.25, 0.3) is 0 Å². The first-order chi connectivity index (χ1) is 13.6. The number of anilines is 1. The smallest absolute Gasteiger partial charge is 0.339 e. The van der Waals surface area contributed by atoms with E-state index in [0.717, 1.165) is 0 Å². The Labute approximate surface area is 160 Å². The lowest BCUT2D eigenvalue weighted by atomic mass is 10.1. The van der Waals surface area contributed by atoms with Gasteiger partial charge in [0.2, 0.25) is 6.10 Å². The van der Waals surface area contributed by atoms with Crippen LogP contribution >= 0.6 is 0 Å². The third-order valence-electron chi connectivity index (χ3n) is 3.96. The maximum Gasteiger partial charge on any atom is 0.339 e. The largest absolute Gasteiger partial charge is 0.444 e. The summed E-state index contributed by atoms with van der Waals surface area (Å²) in [5.41, 5.74) is 1.49. The van der Waals surface area contributed by atoms with E-state index in [4.69, 9.17) is 4.74 Å². The Morgan fingerprint density at radius 3 is 2.14 bits per heavy atom. The number of ether oxygens (including phenoxy) is 1. The molecule has 0 aliphatic carbocycles. The van der Waals surface area contributed by atoms with Crippen LogP contribution in [0.4, 0.5) is 10.1 Å². The highest BCUT2D eigenvalue weighted by Gasteiger charge is 2.25. The van der Waals surface area contributed by atoms with Crippen molar-refractivity contribution in [3.8, 4) is 0 Å². The van der Waals surface area contributed by atoms with Crippen LogP contribution in [0, 0.1) is 5.82 Å². The SMILES string of the molecule is O=Cc1ccc(C(=O)O[C@H](C(=O)Nc2ccc(F)cc2)c2ccccc2)cc1. The van der Waals surface area contributed by atoms with Crippen LogP contribution in [0.5, 0.6) is 0 Å². The summed E-state index contributed by atoms with van der Waals surface area (Å²) in [4.78, 5) is 36.0. The Bertz CT molecular complexity index is 970. The molecule has 1 amide bonds. The van der Waals surface area contributed by atoms with Gasteiger partial charge in [0, 0.05) is 16.8 Å². The highest BCUT2D eigenvalue weighted by Crippen LogP contribution is 2.22. The molecule has 0 saturated carbocycles. The quantitative estimate of drug-likeness (QED) is 0.517. The molecule has 6 heteroatoms. The first-order valence-corrected chi connectivity index (χ1v) is 8.44. The number of hydrogen-bond acceptors (Lipinski definition) is 4. The maximum absolute atomic E-state index is 13.1. The first-order valence-electron chi connectivity index (χ1n) is 8.44. The molecule has 1 N–H and O–H groups in total. The average molecular weight is 377 g/mol. The molecular formula is C22H16FNO4. The average Bonchev–Trinajstić information content (AvgIpc) is 2.74. The third kappa shape index (κ3) is 4.67. The van der Waals surface area contributed by atoms with Crippen molar-refractivity contribution >= 4 is 23.9 Å². The van der Waals surface area contributed by atoms with E-state index in [-0.39, 0.29) is 5.56 Å². The zero-order valence-corrected chi connectivity index (χ0v) is 14.7. The molecule has 140 valence electrons. The van der Waals surface area contributed by atoms with Gasteiger partial charge in [0.25, 0.3) is 5.91 Å².